The quantitative estimate of drug-likeness (QED) is 0.670. The van der Waals surface area contributed by atoms with E-state index in [0.29, 0.717) is 17.9 Å². The molecule has 0 saturated heterocycles. The molecule has 0 fully saturated rings. The lowest BCUT2D eigenvalue weighted by atomic mass is 10.2. The lowest BCUT2D eigenvalue weighted by Crippen LogP contribution is -2.05. The first-order valence-corrected chi connectivity index (χ1v) is 7.57. The minimum atomic E-state index is -0.363. The largest absolute Gasteiger partial charge is 0.462 e. The number of halogens is 1. The van der Waals surface area contributed by atoms with Crippen LogP contribution in [-0.2, 0) is 4.74 Å². The summed E-state index contributed by atoms with van der Waals surface area (Å²) in [6.45, 7) is 2.11. The number of nitrogen functional groups attached to an aromatic ring is 1. The van der Waals surface area contributed by atoms with Crippen molar-refractivity contribution in [3.63, 3.8) is 0 Å². The molecule has 0 amide bonds. The standard InChI is InChI=1S/C14H13BrN2O2S/c1-2-19-14(18)9-3-5-12(11(16)7-9)20-13-6-4-10(15)8-17-13/h3-8H,2,16H2,1H3. The fourth-order valence-electron chi connectivity index (χ4n) is 1.52. The predicted molar refractivity (Wildman–Crippen MR) is 82.9 cm³/mol. The smallest absolute Gasteiger partial charge is 0.338 e. The van der Waals surface area contributed by atoms with Gasteiger partial charge in [0.15, 0.2) is 0 Å². The molecule has 0 aliphatic heterocycles. The first-order chi connectivity index (χ1) is 9.60. The Morgan fingerprint density at radius 3 is 2.80 bits per heavy atom. The monoisotopic (exact) mass is 352 g/mol. The minimum Gasteiger partial charge on any atom is -0.462 e. The zero-order valence-corrected chi connectivity index (χ0v) is 13.2. The van der Waals surface area contributed by atoms with Gasteiger partial charge in [-0.3, -0.25) is 0 Å². The maximum absolute atomic E-state index is 11.6. The fourth-order valence-corrected chi connectivity index (χ4v) is 2.53. The van der Waals surface area contributed by atoms with Crippen LogP contribution in [0, 0.1) is 0 Å². The molecule has 1 aromatic carbocycles. The second-order valence-electron chi connectivity index (χ2n) is 3.89. The molecular weight excluding hydrogens is 340 g/mol. The van der Waals surface area contributed by atoms with Crippen LogP contribution in [0.1, 0.15) is 17.3 Å². The topological polar surface area (TPSA) is 65.2 Å². The first-order valence-electron chi connectivity index (χ1n) is 5.96. The van der Waals surface area contributed by atoms with Gasteiger partial charge in [-0.25, -0.2) is 9.78 Å². The van der Waals surface area contributed by atoms with Crippen LogP contribution < -0.4 is 5.73 Å². The number of hydrogen-bond donors (Lipinski definition) is 1. The van der Waals surface area contributed by atoms with Gasteiger partial charge in [0.2, 0.25) is 0 Å². The molecule has 2 N–H and O–H groups in total. The van der Waals surface area contributed by atoms with Gasteiger partial charge in [-0.15, -0.1) is 0 Å². The van der Waals surface area contributed by atoms with Crippen LogP contribution in [0.4, 0.5) is 5.69 Å². The van der Waals surface area contributed by atoms with E-state index >= 15 is 0 Å². The van der Waals surface area contributed by atoms with Crippen molar-refractivity contribution in [3.8, 4) is 0 Å². The van der Waals surface area contributed by atoms with E-state index in [1.807, 2.05) is 12.1 Å². The van der Waals surface area contributed by atoms with Gasteiger partial charge in [-0.05, 0) is 53.2 Å². The van der Waals surface area contributed by atoms with E-state index in [0.717, 1.165) is 14.4 Å². The Balaban J connectivity index is 2.17. The van der Waals surface area contributed by atoms with Gasteiger partial charge in [-0.1, -0.05) is 11.8 Å². The molecule has 0 unspecified atom stereocenters. The molecule has 1 heterocycles. The molecule has 0 bridgehead atoms. The Labute approximate surface area is 129 Å². The van der Waals surface area contributed by atoms with Gasteiger partial charge in [0.05, 0.1) is 12.2 Å². The van der Waals surface area contributed by atoms with Crippen LogP contribution in [0.2, 0.25) is 0 Å². The molecule has 6 heteroatoms. The number of hydrogen-bond acceptors (Lipinski definition) is 5. The van der Waals surface area contributed by atoms with E-state index in [1.165, 1.54) is 11.8 Å². The predicted octanol–water partition coefficient (Wildman–Crippen LogP) is 3.75. The van der Waals surface area contributed by atoms with E-state index in [-0.39, 0.29) is 5.97 Å². The highest BCUT2D eigenvalue weighted by molar-refractivity contribution is 9.10. The Morgan fingerprint density at radius 1 is 1.40 bits per heavy atom. The molecule has 104 valence electrons. The van der Waals surface area contributed by atoms with Gasteiger partial charge in [0, 0.05) is 21.3 Å². The summed E-state index contributed by atoms with van der Waals surface area (Å²) >= 11 is 4.79. The van der Waals surface area contributed by atoms with E-state index in [1.54, 1.807) is 31.3 Å². The highest BCUT2D eigenvalue weighted by atomic mass is 79.9. The number of benzene rings is 1. The maximum atomic E-state index is 11.6. The molecule has 2 rings (SSSR count). The molecule has 20 heavy (non-hydrogen) atoms. The van der Waals surface area contributed by atoms with E-state index in [2.05, 4.69) is 20.9 Å². The highest BCUT2D eigenvalue weighted by Gasteiger charge is 2.10. The number of pyridine rings is 1. The summed E-state index contributed by atoms with van der Waals surface area (Å²) in [6.07, 6.45) is 1.73. The third kappa shape index (κ3) is 3.74. The molecule has 1 aromatic heterocycles. The Kier molecular flexibility index (Phi) is 5.03. The van der Waals surface area contributed by atoms with E-state index < -0.39 is 0 Å². The minimum absolute atomic E-state index is 0.345. The number of rotatable bonds is 4. The fraction of sp³-hybridized carbons (Fsp3) is 0.143. The normalized spacial score (nSPS) is 10.3. The Bertz CT molecular complexity index is 617. The summed E-state index contributed by atoms with van der Waals surface area (Å²) < 4.78 is 5.86. The SMILES string of the molecule is CCOC(=O)c1ccc(Sc2ccc(Br)cn2)c(N)c1. The average molecular weight is 353 g/mol. The van der Waals surface area contributed by atoms with Crippen LogP contribution in [0.3, 0.4) is 0 Å². The van der Waals surface area contributed by atoms with Crippen LogP contribution >= 0.6 is 27.7 Å². The van der Waals surface area contributed by atoms with Crippen molar-refractivity contribution in [1.82, 2.24) is 4.98 Å². The molecule has 0 saturated carbocycles. The maximum Gasteiger partial charge on any atom is 0.338 e. The lowest BCUT2D eigenvalue weighted by Gasteiger charge is -2.07. The average Bonchev–Trinajstić information content (AvgIpc) is 2.43. The molecule has 0 aliphatic carbocycles. The Hall–Kier alpha value is -1.53. The summed E-state index contributed by atoms with van der Waals surface area (Å²) in [5, 5.41) is 0.837. The van der Waals surface area contributed by atoms with Crippen molar-refractivity contribution in [2.24, 2.45) is 0 Å². The van der Waals surface area contributed by atoms with E-state index in [9.17, 15) is 4.79 Å². The van der Waals surface area contributed by atoms with Gasteiger partial charge in [-0.2, -0.15) is 0 Å². The van der Waals surface area contributed by atoms with Crippen molar-refractivity contribution in [2.45, 2.75) is 16.8 Å². The lowest BCUT2D eigenvalue weighted by molar-refractivity contribution is 0.0526. The van der Waals surface area contributed by atoms with Gasteiger partial charge in [0.1, 0.15) is 5.03 Å². The van der Waals surface area contributed by atoms with Gasteiger partial charge in [0.25, 0.3) is 0 Å². The molecular formula is C14H13BrN2O2S. The van der Waals surface area contributed by atoms with Crippen molar-refractivity contribution < 1.29 is 9.53 Å². The Morgan fingerprint density at radius 2 is 2.20 bits per heavy atom. The molecule has 0 spiro atoms. The summed E-state index contributed by atoms with van der Waals surface area (Å²) in [4.78, 5) is 16.7. The van der Waals surface area contributed by atoms with E-state index in [4.69, 9.17) is 10.5 Å². The molecule has 0 radical (unpaired) electrons. The zero-order valence-electron chi connectivity index (χ0n) is 10.8. The third-order valence-electron chi connectivity index (χ3n) is 2.44. The number of anilines is 1. The van der Waals surface area contributed by atoms with Crippen LogP contribution in [0.15, 0.2) is 50.9 Å². The number of nitrogens with two attached hydrogens (primary N) is 1. The molecule has 4 nitrogen and oxygen atoms in total. The van der Waals surface area contributed by atoms with Crippen molar-refractivity contribution in [1.29, 1.82) is 0 Å². The summed E-state index contributed by atoms with van der Waals surface area (Å²) in [7, 11) is 0. The summed E-state index contributed by atoms with van der Waals surface area (Å²) in [6, 6.07) is 8.94. The molecule has 0 atom stereocenters. The number of ether oxygens (including phenoxy) is 1. The highest BCUT2D eigenvalue weighted by Crippen LogP contribution is 2.31. The first kappa shape index (κ1) is 14.9. The second kappa shape index (κ2) is 6.76. The second-order valence-corrected chi connectivity index (χ2v) is 5.87. The number of esters is 1. The van der Waals surface area contributed by atoms with Crippen molar-refractivity contribution in [2.75, 3.05) is 12.3 Å². The zero-order chi connectivity index (χ0) is 14.5. The number of nitrogens with zero attached hydrogens (tertiary/aromatic N) is 1. The van der Waals surface area contributed by atoms with Gasteiger partial charge >= 0.3 is 5.97 Å². The number of carbonyl (C=O) groups is 1. The third-order valence-corrected chi connectivity index (χ3v) is 3.95. The van der Waals surface area contributed by atoms with Gasteiger partial charge < -0.3 is 10.5 Å². The van der Waals surface area contributed by atoms with Crippen molar-refractivity contribution in [3.05, 3.63) is 46.6 Å². The summed E-state index contributed by atoms with van der Waals surface area (Å²) in [5.41, 5.74) is 6.96. The van der Waals surface area contributed by atoms with Crippen LogP contribution in [0.5, 0.6) is 0 Å². The number of carbonyl (C=O) groups excluding carboxylic acids is 1. The van der Waals surface area contributed by atoms with Crippen LogP contribution in [0.25, 0.3) is 0 Å². The molecule has 2 aromatic rings. The van der Waals surface area contributed by atoms with Crippen molar-refractivity contribution >= 4 is 39.3 Å². The summed E-state index contributed by atoms with van der Waals surface area (Å²) in [5.74, 6) is -0.363. The van der Waals surface area contributed by atoms with Crippen LogP contribution in [-0.4, -0.2) is 17.6 Å². The molecule has 0 aliphatic rings. The number of aromatic nitrogens is 1.